The molecule has 4 rings (SSSR count). The Morgan fingerprint density at radius 1 is 0.957 bits per heavy atom. The molecule has 3 aromatic rings. The molecule has 0 bridgehead atoms. The van der Waals surface area contributed by atoms with Crippen molar-refractivity contribution in [2.45, 2.75) is 12.5 Å². The predicted molar refractivity (Wildman–Crippen MR) is 93.8 cm³/mol. The Bertz CT molecular complexity index is 810. The van der Waals surface area contributed by atoms with Crippen molar-refractivity contribution >= 4 is 17.2 Å². The van der Waals surface area contributed by atoms with E-state index in [0.29, 0.717) is 0 Å². The largest absolute Gasteiger partial charge is 0.327 e. The quantitative estimate of drug-likeness (QED) is 0.679. The fourth-order valence-electron chi connectivity index (χ4n) is 3.28. The van der Waals surface area contributed by atoms with E-state index in [1.54, 1.807) is 11.3 Å². The van der Waals surface area contributed by atoms with Crippen LogP contribution < -0.4 is 0 Å². The van der Waals surface area contributed by atoms with Crippen molar-refractivity contribution in [2.75, 3.05) is 6.54 Å². The number of carbonyl (C=O) groups excluding carboxylic acids is 1. The second-order valence-corrected chi connectivity index (χ2v) is 6.73. The molecule has 2 heterocycles. The Labute approximate surface area is 140 Å². The summed E-state index contributed by atoms with van der Waals surface area (Å²) in [5.41, 5.74) is 3.21. The van der Waals surface area contributed by atoms with Gasteiger partial charge in [-0.2, -0.15) is 0 Å². The van der Waals surface area contributed by atoms with Crippen LogP contribution in [-0.4, -0.2) is 17.4 Å². The molecule has 0 fully saturated rings. The van der Waals surface area contributed by atoms with Gasteiger partial charge < -0.3 is 4.90 Å². The summed E-state index contributed by atoms with van der Waals surface area (Å²) >= 11 is 1.80. The average molecular weight is 319 g/mol. The number of thiophene rings is 1. The molecule has 0 saturated carbocycles. The Hall–Kier alpha value is -2.39. The maximum Gasteiger partial charge on any atom is 0.254 e. The molecule has 23 heavy (non-hydrogen) atoms. The van der Waals surface area contributed by atoms with Crippen LogP contribution in [-0.2, 0) is 6.42 Å². The molecule has 0 spiro atoms. The maximum atomic E-state index is 13.0. The summed E-state index contributed by atoms with van der Waals surface area (Å²) in [6.45, 7) is 0.765. The van der Waals surface area contributed by atoms with Gasteiger partial charge in [0.05, 0.1) is 6.04 Å². The van der Waals surface area contributed by atoms with Gasteiger partial charge in [0.2, 0.25) is 0 Å². The molecule has 0 aliphatic carbocycles. The summed E-state index contributed by atoms with van der Waals surface area (Å²) in [5, 5.41) is 2.14. The first-order valence-electron chi connectivity index (χ1n) is 7.82. The number of hydrogen-bond donors (Lipinski definition) is 0. The van der Waals surface area contributed by atoms with Gasteiger partial charge in [0.25, 0.3) is 5.91 Å². The first kappa shape index (κ1) is 14.2. The lowest BCUT2D eigenvalue weighted by atomic mass is 9.92. The minimum absolute atomic E-state index is 0.0129. The minimum Gasteiger partial charge on any atom is -0.327 e. The zero-order valence-corrected chi connectivity index (χ0v) is 13.5. The number of benzene rings is 2. The lowest BCUT2D eigenvalue weighted by Crippen LogP contribution is -2.40. The topological polar surface area (TPSA) is 20.3 Å². The highest BCUT2D eigenvalue weighted by Gasteiger charge is 2.32. The van der Waals surface area contributed by atoms with Crippen LogP contribution in [0.4, 0.5) is 0 Å². The van der Waals surface area contributed by atoms with Gasteiger partial charge in [-0.15, -0.1) is 11.3 Å². The van der Waals surface area contributed by atoms with Crippen molar-refractivity contribution < 1.29 is 4.79 Å². The minimum atomic E-state index is 0.0129. The molecular weight excluding hydrogens is 302 g/mol. The van der Waals surface area contributed by atoms with E-state index in [4.69, 9.17) is 0 Å². The van der Waals surface area contributed by atoms with Crippen LogP contribution in [0.25, 0.3) is 0 Å². The molecule has 0 radical (unpaired) electrons. The normalized spacial score (nSPS) is 16.9. The van der Waals surface area contributed by atoms with Gasteiger partial charge in [-0.3, -0.25) is 4.79 Å². The van der Waals surface area contributed by atoms with Gasteiger partial charge in [0, 0.05) is 17.0 Å². The summed E-state index contributed by atoms with van der Waals surface area (Å²) < 4.78 is 0. The Kier molecular flexibility index (Phi) is 3.72. The Morgan fingerprint density at radius 3 is 2.39 bits per heavy atom. The van der Waals surface area contributed by atoms with Crippen molar-refractivity contribution in [1.82, 2.24) is 4.90 Å². The zero-order chi connectivity index (χ0) is 15.6. The van der Waals surface area contributed by atoms with Crippen molar-refractivity contribution in [3.63, 3.8) is 0 Å². The second-order valence-electron chi connectivity index (χ2n) is 5.73. The van der Waals surface area contributed by atoms with Crippen LogP contribution in [0, 0.1) is 0 Å². The van der Waals surface area contributed by atoms with Crippen LogP contribution in [0.1, 0.15) is 32.4 Å². The first-order chi connectivity index (χ1) is 11.3. The summed E-state index contributed by atoms with van der Waals surface area (Å²) in [4.78, 5) is 16.5. The molecule has 2 nitrogen and oxygen atoms in total. The number of rotatable bonds is 2. The number of hydrogen-bond acceptors (Lipinski definition) is 2. The molecule has 1 amide bonds. The zero-order valence-electron chi connectivity index (χ0n) is 12.7. The molecule has 1 atom stereocenters. The molecule has 3 heteroatoms. The van der Waals surface area contributed by atoms with Crippen molar-refractivity contribution in [3.05, 3.63) is 93.7 Å². The lowest BCUT2D eigenvalue weighted by molar-refractivity contribution is 0.0696. The highest BCUT2D eigenvalue weighted by molar-refractivity contribution is 7.10. The van der Waals surface area contributed by atoms with Crippen molar-refractivity contribution in [1.29, 1.82) is 0 Å². The lowest BCUT2D eigenvalue weighted by Gasteiger charge is -2.36. The summed E-state index contributed by atoms with van der Waals surface area (Å²) in [6, 6.07) is 22.1. The first-order valence-corrected chi connectivity index (χ1v) is 8.70. The molecule has 0 unspecified atom stereocenters. The van der Waals surface area contributed by atoms with Crippen LogP contribution >= 0.6 is 11.3 Å². The highest BCUT2D eigenvalue weighted by Crippen LogP contribution is 2.38. The summed E-state index contributed by atoms with van der Waals surface area (Å²) in [6.07, 6.45) is 0.939. The van der Waals surface area contributed by atoms with E-state index in [9.17, 15) is 4.79 Å². The number of carbonyl (C=O) groups is 1. The van der Waals surface area contributed by atoms with Gasteiger partial charge in [-0.1, -0.05) is 48.5 Å². The van der Waals surface area contributed by atoms with E-state index in [1.165, 1.54) is 16.0 Å². The van der Waals surface area contributed by atoms with E-state index in [1.807, 2.05) is 53.4 Å². The number of fused-ring (bicyclic) bond motifs is 1. The van der Waals surface area contributed by atoms with E-state index in [-0.39, 0.29) is 11.9 Å². The standard InChI is InChI=1S/C20H17NOS/c22-20(16-9-5-2-6-10-16)21-13-11-18-17(12-14-23-18)19(21)15-7-3-1-4-8-15/h1-10,12,14,19H,11,13H2/t19-/m1/s1. The molecule has 1 aliphatic heterocycles. The third kappa shape index (κ3) is 2.57. The monoisotopic (exact) mass is 319 g/mol. The third-order valence-electron chi connectivity index (χ3n) is 4.36. The molecule has 0 N–H and O–H groups in total. The second kappa shape index (κ2) is 6.01. The van der Waals surface area contributed by atoms with Crippen LogP contribution in [0.15, 0.2) is 72.1 Å². The van der Waals surface area contributed by atoms with Crippen LogP contribution in [0.3, 0.4) is 0 Å². The van der Waals surface area contributed by atoms with E-state index < -0.39 is 0 Å². The maximum absolute atomic E-state index is 13.0. The Balaban J connectivity index is 1.78. The number of amides is 1. The fourth-order valence-corrected chi connectivity index (χ4v) is 4.18. The predicted octanol–water partition coefficient (Wildman–Crippen LogP) is 4.54. The Morgan fingerprint density at radius 2 is 1.65 bits per heavy atom. The SMILES string of the molecule is O=C(c1ccccc1)N1CCc2sccc2[C@H]1c1ccccc1. The average Bonchev–Trinajstić information content (AvgIpc) is 3.10. The van der Waals surface area contributed by atoms with Gasteiger partial charge in [-0.05, 0) is 41.1 Å². The molecule has 0 saturated heterocycles. The highest BCUT2D eigenvalue weighted by atomic mass is 32.1. The fraction of sp³-hybridized carbons (Fsp3) is 0.150. The summed E-state index contributed by atoms with van der Waals surface area (Å²) in [7, 11) is 0. The number of nitrogens with zero attached hydrogens (tertiary/aromatic N) is 1. The van der Waals surface area contributed by atoms with Crippen LogP contribution in [0.2, 0.25) is 0 Å². The third-order valence-corrected chi connectivity index (χ3v) is 5.36. The molecular formula is C20H17NOS. The molecule has 114 valence electrons. The van der Waals surface area contributed by atoms with Crippen molar-refractivity contribution in [3.8, 4) is 0 Å². The van der Waals surface area contributed by atoms with E-state index in [0.717, 1.165) is 18.5 Å². The van der Waals surface area contributed by atoms with E-state index in [2.05, 4.69) is 23.6 Å². The molecule has 1 aromatic heterocycles. The molecule has 2 aromatic carbocycles. The van der Waals surface area contributed by atoms with Gasteiger partial charge in [0.1, 0.15) is 0 Å². The van der Waals surface area contributed by atoms with E-state index >= 15 is 0 Å². The smallest absolute Gasteiger partial charge is 0.254 e. The summed E-state index contributed by atoms with van der Waals surface area (Å²) in [5.74, 6) is 0.108. The van der Waals surface area contributed by atoms with Gasteiger partial charge >= 0.3 is 0 Å². The van der Waals surface area contributed by atoms with Gasteiger partial charge in [-0.25, -0.2) is 0 Å². The van der Waals surface area contributed by atoms with Crippen LogP contribution in [0.5, 0.6) is 0 Å². The molecule has 1 aliphatic rings. The van der Waals surface area contributed by atoms with Crippen molar-refractivity contribution in [2.24, 2.45) is 0 Å². The van der Waals surface area contributed by atoms with Gasteiger partial charge in [0.15, 0.2) is 0 Å².